The van der Waals surface area contributed by atoms with Gasteiger partial charge in [0.1, 0.15) is 5.75 Å². The van der Waals surface area contributed by atoms with Gasteiger partial charge in [-0.1, -0.05) is 12.1 Å². The van der Waals surface area contributed by atoms with Gasteiger partial charge < -0.3 is 15.7 Å². The van der Waals surface area contributed by atoms with E-state index < -0.39 is 0 Å². The molecule has 20 heavy (non-hydrogen) atoms. The standard InChI is InChI=1S/C16H25N3O/c1-2-17-16(19-12-14-5-6-14)18-11-3-4-13-7-9-15(20)10-8-13/h7-10,14,20H,2-6,11-12H2,1H3,(H2,17,18,19). The highest BCUT2D eigenvalue weighted by molar-refractivity contribution is 5.79. The normalized spacial score (nSPS) is 15.2. The lowest BCUT2D eigenvalue weighted by atomic mass is 10.1. The van der Waals surface area contributed by atoms with E-state index in [1.54, 1.807) is 12.1 Å². The molecule has 1 saturated carbocycles. The van der Waals surface area contributed by atoms with Gasteiger partial charge in [-0.2, -0.15) is 0 Å². The summed E-state index contributed by atoms with van der Waals surface area (Å²) in [5.74, 6) is 2.08. The van der Waals surface area contributed by atoms with Gasteiger partial charge in [-0.3, -0.25) is 4.99 Å². The van der Waals surface area contributed by atoms with E-state index in [4.69, 9.17) is 0 Å². The van der Waals surface area contributed by atoms with E-state index in [1.807, 2.05) is 12.1 Å². The minimum Gasteiger partial charge on any atom is -0.508 e. The number of nitrogens with one attached hydrogen (secondary N) is 2. The molecule has 0 radical (unpaired) electrons. The summed E-state index contributed by atoms with van der Waals surface area (Å²) in [7, 11) is 0. The van der Waals surface area contributed by atoms with Crippen molar-refractivity contribution in [3.63, 3.8) is 0 Å². The Kier molecular flexibility index (Phi) is 5.71. The molecule has 0 aromatic heterocycles. The number of benzene rings is 1. The van der Waals surface area contributed by atoms with Crippen molar-refractivity contribution < 1.29 is 5.11 Å². The van der Waals surface area contributed by atoms with Crippen LogP contribution in [-0.2, 0) is 6.42 Å². The number of nitrogens with zero attached hydrogens (tertiary/aromatic N) is 1. The molecule has 1 aromatic rings. The molecular weight excluding hydrogens is 250 g/mol. The molecule has 0 amide bonds. The molecule has 4 heteroatoms. The Balaban J connectivity index is 1.66. The van der Waals surface area contributed by atoms with Crippen molar-refractivity contribution in [2.75, 3.05) is 19.6 Å². The van der Waals surface area contributed by atoms with Crippen LogP contribution in [0.4, 0.5) is 0 Å². The van der Waals surface area contributed by atoms with Crippen LogP contribution in [0.5, 0.6) is 5.75 Å². The van der Waals surface area contributed by atoms with Crippen LogP contribution in [0.2, 0.25) is 0 Å². The largest absolute Gasteiger partial charge is 0.508 e. The molecular formula is C16H25N3O. The van der Waals surface area contributed by atoms with Crippen LogP contribution in [0, 0.1) is 5.92 Å². The SMILES string of the molecule is CCNC(=NCC1CC1)NCCCc1ccc(O)cc1. The number of aliphatic imine (C=N–C) groups is 1. The topological polar surface area (TPSA) is 56.7 Å². The Morgan fingerprint density at radius 1 is 1.25 bits per heavy atom. The Morgan fingerprint density at radius 2 is 2.00 bits per heavy atom. The summed E-state index contributed by atoms with van der Waals surface area (Å²) < 4.78 is 0. The minimum absolute atomic E-state index is 0.327. The van der Waals surface area contributed by atoms with Crippen LogP contribution >= 0.6 is 0 Å². The van der Waals surface area contributed by atoms with Crippen molar-refractivity contribution in [1.82, 2.24) is 10.6 Å². The average Bonchev–Trinajstić information content (AvgIpc) is 3.27. The zero-order valence-corrected chi connectivity index (χ0v) is 12.2. The van der Waals surface area contributed by atoms with Gasteiger partial charge in [-0.25, -0.2) is 0 Å². The first-order valence-electron chi connectivity index (χ1n) is 7.58. The lowest BCUT2D eigenvalue weighted by Crippen LogP contribution is -2.38. The van der Waals surface area contributed by atoms with Crippen molar-refractivity contribution in [3.8, 4) is 5.75 Å². The fraction of sp³-hybridized carbons (Fsp3) is 0.562. The number of aryl methyl sites for hydroxylation is 1. The second kappa shape index (κ2) is 7.78. The van der Waals surface area contributed by atoms with E-state index in [-0.39, 0.29) is 0 Å². The monoisotopic (exact) mass is 275 g/mol. The third-order valence-electron chi connectivity index (χ3n) is 3.42. The van der Waals surface area contributed by atoms with Crippen LogP contribution in [0.1, 0.15) is 31.7 Å². The Hall–Kier alpha value is -1.71. The van der Waals surface area contributed by atoms with Crippen LogP contribution in [0.15, 0.2) is 29.3 Å². The molecule has 0 aliphatic heterocycles. The summed E-state index contributed by atoms with van der Waals surface area (Å²) in [6.07, 6.45) is 4.74. The van der Waals surface area contributed by atoms with Gasteiger partial charge in [0, 0.05) is 19.6 Å². The van der Waals surface area contributed by atoms with Gasteiger partial charge in [0.15, 0.2) is 5.96 Å². The number of hydrogen-bond acceptors (Lipinski definition) is 2. The third-order valence-corrected chi connectivity index (χ3v) is 3.42. The molecule has 4 nitrogen and oxygen atoms in total. The first-order chi connectivity index (χ1) is 9.78. The first-order valence-corrected chi connectivity index (χ1v) is 7.58. The fourth-order valence-electron chi connectivity index (χ4n) is 2.02. The molecule has 1 aromatic carbocycles. The summed E-state index contributed by atoms with van der Waals surface area (Å²) in [6, 6.07) is 7.43. The molecule has 3 N–H and O–H groups in total. The van der Waals surface area contributed by atoms with Gasteiger partial charge in [-0.15, -0.1) is 0 Å². The van der Waals surface area contributed by atoms with Crippen molar-refractivity contribution in [2.24, 2.45) is 10.9 Å². The Bertz CT molecular complexity index is 424. The molecule has 2 rings (SSSR count). The van der Waals surface area contributed by atoms with Gasteiger partial charge in [0.2, 0.25) is 0 Å². The quantitative estimate of drug-likeness (QED) is 0.406. The molecule has 110 valence electrons. The Labute approximate surface area is 121 Å². The number of hydrogen-bond donors (Lipinski definition) is 3. The van der Waals surface area contributed by atoms with Crippen molar-refractivity contribution in [1.29, 1.82) is 0 Å². The van der Waals surface area contributed by atoms with Crippen molar-refractivity contribution in [3.05, 3.63) is 29.8 Å². The van der Waals surface area contributed by atoms with Gasteiger partial charge in [-0.05, 0) is 56.2 Å². The Morgan fingerprint density at radius 3 is 2.65 bits per heavy atom. The maximum Gasteiger partial charge on any atom is 0.191 e. The van der Waals surface area contributed by atoms with E-state index in [0.717, 1.165) is 44.4 Å². The van der Waals surface area contributed by atoms with E-state index in [0.29, 0.717) is 5.75 Å². The highest BCUT2D eigenvalue weighted by Crippen LogP contribution is 2.28. The smallest absolute Gasteiger partial charge is 0.191 e. The second-order valence-corrected chi connectivity index (χ2v) is 5.36. The lowest BCUT2D eigenvalue weighted by molar-refractivity contribution is 0.475. The van der Waals surface area contributed by atoms with Crippen LogP contribution in [0.25, 0.3) is 0 Å². The fourth-order valence-corrected chi connectivity index (χ4v) is 2.02. The van der Waals surface area contributed by atoms with E-state index in [9.17, 15) is 5.11 Å². The van der Waals surface area contributed by atoms with Gasteiger partial charge in [0.05, 0.1) is 0 Å². The molecule has 0 unspecified atom stereocenters. The van der Waals surface area contributed by atoms with E-state index >= 15 is 0 Å². The molecule has 0 bridgehead atoms. The summed E-state index contributed by atoms with van der Waals surface area (Å²) in [6.45, 7) is 4.85. The highest BCUT2D eigenvalue weighted by Gasteiger charge is 2.20. The number of guanidine groups is 1. The zero-order chi connectivity index (χ0) is 14.2. The maximum atomic E-state index is 9.23. The average molecular weight is 275 g/mol. The maximum absolute atomic E-state index is 9.23. The third kappa shape index (κ3) is 5.51. The number of rotatable bonds is 7. The van der Waals surface area contributed by atoms with E-state index in [1.165, 1.54) is 18.4 Å². The molecule has 1 aliphatic carbocycles. The van der Waals surface area contributed by atoms with Crippen molar-refractivity contribution >= 4 is 5.96 Å². The summed E-state index contributed by atoms with van der Waals surface area (Å²) in [4.78, 5) is 4.59. The molecule has 0 spiro atoms. The predicted molar refractivity (Wildman–Crippen MR) is 83.1 cm³/mol. The molecule has 0 heterocycles. The van der Waals surface area contributed by atoms with E-state index in [2.05, 4.69) is 22.5 Å². The zero-order valence-electron chi connectivity index (χ0n) is 12.2. The lowest BCUT2D eigenvalue weighted by Gasteiger charge is -2.11. The van der Waals surface area contributed by atoms with Crippen LogP contribution in [-0.4, -0.2) is 30.7 Å². The van der Waals surface area contributed by atoms with Crippen LogP contribution < -0.4 is 10.6 Å². The number of aromatic hydroxyl groups is 1. The van der Waals surface area contributed by atoms with Gasteiger partial charge >= 0.3 is 0 Å². The first kappa shape index (κ1) is 14.7. The number of phenols is 1. The summed E-state index contributed by atoms with van der Waals surface area (Å²) in [5, 5.41) is 15.9. The summed E-state index contributed by atoms with van der Waals surface area (Å²) in [5.41, 5.74) is 1.25. The highest BCUT2D eigenvalue weighted by atomic mass is 16.3. The van der Waals surface area contributed by atoms with Crippen LogP contribution in [0.3, 0.4) is 0 Å². The molecule has 0 atom stereocenters. The predicted octanol–water partition coefficient (Wildman–Crippen LogP) is 2.29. The summed E-state index contributed by atoms with van der Waals surface area (Å²) >= 11 is 0. The second-order valence-electron chi connectivity index (χ2n) is 5.36. The van der Waals surface area contributed by atoms with Gasteiger partial charge in [0.25, 0.3) is 0 Å². The molecule has 1 aliphatic rings. The van der Waals surface area contributed by atoms with Crippen molar-refractivity contribution in [2.45, 2.75) is 32.6 Å². The minimum atomic E-state index is 0.327. The molecule has 1 fully saturated rings. The molecule has 0 saturated heterocycles. The number of phenolic OH excluding ortho intramolecular Hbond substituents is 1.